The zero-order valence-corrected chi connectivity index (χ0v) is 15.0. The first kappa shape index (κ1) is 19.2. The van der Waals surface area contributed by atoms with Crippen molar-refractivity contribution in [3.63, 3.8) is 0 Å². The van der Waals surface area contributed by atoms with Crippen molar-refractivity contribution in [3.05, 3.63) is 35.9 Å². The van der Waals surface area contributed by atoms with Crippen molar-refractivity contribution >= 4 is 18.3 Å². The lowest BCUT2D eigenvalue weighted by molar-refractivity contribution is -0.124. The average molecular weight is 353 g/mol. The van der Waals surface area contributed by atoms with E-state index in [9.17, 15) is 4.79 Å². The Morgan fingerprint density at radius 2 is 1.83 bits per heavy atom. The molecule has 24 heavy (non-hydrogen) atoms. The van der Waals surface area contributed by atoms with Crippen molar-refractivity contribution in [3.8, 4) is 0 Å². The molecule has 2 aliphatic carbocycles. The number of fused-ring (bicyclic) bond motifs is 2. The number of amides is 1. The third-order valence-electron chi connectivity index (χ3n) is 5.29. The second kappa shape index (κ2) is 9.40. The molecule has 0 saturated heterocycles. The predicted octanol–water partition coefficient (Wildman–Crippen LogP) is 3.04. The summed E-state index contributed by atoms with van der Waals surface area (Å²) in [6.07, 6.45) is 6.26. The average Bonchev–Trinajstić information content (AvgIpc) is 2.53. The molecule has 4 nitrogen and oxygen atoms in total. The van der Waals surface area contributed by atoms with E-state index >= 15 is 0 Å². The number of nitrogens with two attached hydrogens (primary N) is 1. The van der Waals surface area contributed by atoms with Crippen LogP contribution in [0.15, 0.2) is 30.3 Å². The Balaban J connectivity index is 0.00000208. The first-order valence-corrected chi connectivity index (χ1v) is 8.89. The summed E-state index contributed by atoms with van der Waals surface area (Å²) < 4.78 is 5.61. The van der Waals surface area contributed by atoms with Crippen LogP contribution in [0.3, 0.4) is 0 Å². The molecule has 134 valence electrons. The lowest BCUT2D eigenvalue weighted by atomic mass is 9.67. The molecule has 2 fully saturated rings. The highest BCUT2D eigenvalue weighted by molar-refractivity contribution is 5.85. The van der Waals surface area contributed by atoms with Crippen molar-refractivity contribution in [1.29, 1.82) is 0 Å². The van der Waals surface area contributed by atoms with Crippen LogP contribution in [0, 0.1) is 11.8 Å². The van der Waals surface area contributed by atoms with Gasteiger partial charge >= 0.3 is 0 Å². The van der Waals surface area contributed by atoms with Gasteiger partial charge in [0.05, 0.1) is 13.2 Å². The molecule has 5 heteroatoms. The molecule has 1 aromatic rings. The Morgan fingerprint density at radius 1 is 1.17 bits per heavy atom. The van der Waals surface area contributed by atoms with E-state index in [4.69, 9.17) is 10.5 Å². The van der Waals surface area contributed by atoms with Crippen molar-refractivity contribution in [1.82, 2.24) is 5.32 Å². The van der Waals surface area contributed by atoms with Gasteiger partial charge in [-0.3, -0.25) is 4.79 Å². The molecule has 3 N–H and O–H groups in total. The number of ether oxygens (including phenoxy) is 1. The Kier molecular flexibility index (Phi) is 7.53. The maximum absolute atomic E-state index is 12.2. The third-order valence-corrected chi connectivity index (χ3v) is 5.29. The molecule has 2 bridgehead atoms. The Bertz CT molecular complexity index is 497. The van der Waals surface area contributed by atoms with E-state index in [1.165, 1.54) is 19.3 Å². The molecule has 2 atom stereocenters. The van der Waals surface area contributed by atoms with Gasteiger partial charge < -0.3 is 15.8 Å². The third kappa shape index (κ3) is 5.20. The minimum atomic E-state index is 0. The smallest absolute Gasteiger partial charge is 0.222 e. The van der Waals surface area contributed by atoms with Gasteiger partial charge in [-0.2, -0.15) is 0 Å². The molecule has 2 aliphatic rings. The van der Waals surface area contributed by atoms with Crippen LogP contribution in [0.5, 0.6) is 0 Å². The maximum Gasteiger partial charge on any atom is 0.222 e. The number of halogens is 1. The molecular weight excluding hydrogens is 324 g/mol. The Hall–Kier alpha value is -1.10. The van der Waals surface area contributed by atoms with E-state index in [1.807, 2.05) is 30.3 Å². The van der Waals surface area contributed by atoms with E-state index in [-0.39, 0.29) is 18.3 Å². The maximum atomic E-state index is 12.2. The minimum Gasteiger partial charge on any atom is -0.376 e. The fourth-order valence-corrected chi connectivity index (χ4v) is 4.21. The molecule has 2 saturated carbocycles. The zero-order chi connectivity index (χ0) is 16.1. The summed E-state index contributed by atoms with van der Waals surface area (Å²) >= 11 is 0. The lowest BCUT2D eigenvalue weighted by Crippen LogP contribution is -2.53. The highest BCUT2D eigenvalue weighted by atomic mass is 35.5. The minimum absolute atomic E-state index is 0. The molecule has 1 amide bonds. The second-order valence-electron chi connectivity index (χ2n) is 7.06. The van der Waals surface area contributed by atoms with Gasteiger partial charge in [0.25, 0.3) is 0 Å². The summed E-state index contributed by atoms with van der Waals surface area (Å²) in [4.78, 5) is 12.2. The standard InChI is InChI=1S/C19H28N2O2.ClH/c20-17-11-15-7-4-8-16(12-17)19(15)21-18(22)9-10-23-13-14-5-2-1-3-6-14;/h1-3,5-6,15-17,19H,4,7-13,20H2,(H,21,22);1H. The van der Waals surface area contributed by atoms with E-state index in [2.05, 4.69) is 5.32 Å². The van der Waals surface area contributed by atoms with Crippen molar-refractivity contribution in [2.24, 2.45) is 17.6 Å². The molecule has 0 heterocycles. The SMILES string of the molecule is Cl.NC1CC2CCCC(C1)C2NC(=O)CCOCc1ccccc1. The normalized spacial score (nSPS) is 28.7. The number of carbonyl (C=O) groups excluding carboxylic acids is 1. The van der Waals surface area contributed by atoms with E-state index in [0.717, 1.165) is 18.4 Å². The van der Waals surface area contributed by atoms with Crippen LogP contribution < -0.4 is 11.1 Å². The number of hydrogen-bond donors (Lipinski definition) is 2. The van der Waals surface area contributed by atoms with Crippen molar-refractivity contribution in [2.75, 3.05) is 6.61 Å². The number of carbonyl (C=O) groups is 1. The summed E-state index contributed by atoms with van der Waals surface area (Å²) in [5.74, 6) is 1.27. The molecule has 0 radical (unpaired) electrons. The van der Waals surface area contributed by atoms with E-state index in [0.29, 0.717) is 43.6 Å². The molecule has 0 spiro atoms. The van der Waals surface area contributed by atoms with Gasteiger partial charge in [-0.1, -0.05) is 36.8 Å². The monoisotopic (exact) mass is 352 g/mol. The summed E-state index contributed by atoms with van der Waals surface area (Å²) in [6.45, 7) is 1.04. The van der Waals surface area contributed by atoms with Crippen LogP contribution >= 0.6 is 12.4 Å². The van der Waals surface area contributed by atoms with Crippen LogP contribution in [-0.2, 0) is 16.1 Å². The lowest BCUT2D eigenvalue weighted by Gasteiger charge is -2.45. The van der Waals surface area contributed by atoms with Crippen LogP contribution in [0.1, 0.15) is 44.1 Å². The first-order valence-electron chi connectivity index (χ1n) is 8.89. The van der Waals surface area contributed by atoms with Gasteiger partial charge in [-0.15, -0.1) is 12.4 Å². The van der Waals surface area contributed by atoms with Crippen molar-refractivity contribution < 1.29 is 9.53 Å². The number of hydrogen-bond acceptors (Lipinski definition) is 3. The number of benzene rings is 1. The summed E-state index contributed by atoms with van der Waals surface area (Å²) in [5, 5.41) is 3.27. The van der Waals surface area contributed by atoms with Gasteiger partial charge in [0.2, 0.25) is 5.91 Å². The second-order valence-corrected chi connectivity index (χ2v) is 7.06. The van der Waals surface area contributed by atoms with Gasteiger partial charge in [-0.05, 0) is 43.1 Å². The van der Waals surface area contributed by atoms with Gasteiger partial charge in [0.1, 0.15) is 0 Å². The van der Waals surface area contributed by atoms with Crippen LogP contribution in [0.4, 0.5) is 0 Å². The van der Waals surface area contributed by atoms with Crippen LogP contribution in [0.25, 0.3) is 0 Å². The largest absolute Gasteiger partial charge is 0.376 e. The topological polar surface area (TPSA) is 64.3 Å². The molecule has 3 rings (SSSR count). The highest BCUT2D eigenvalue weighted by Crippen LogP contribution is 2.39. The predicted molar refractivity (Wildman–Crippen MR) is 97.9 cm³/mol. The fraction of sp³-hybridized carbons (Fsp3) is 0.632. The molecule has 1 aromatic carbocycles. The van der Waals surface area contributed by atoms with Gasteiger partial charge in [0, 0.05) is 18.5 Å². The molecule has 0 aliphatic heterocycles. The Labute approximate surface area is 150 Å². The van der Waals surface area contributed by atoms with Gasteiger partial charge in [-0.25, -0.2) is 0 Å². The summed E-state index contributed by atoms with van der Waals surface area (Å²) in [6, 6.07) is 10.7. The van der Waals surface area contributed by atoms with E-state index < -0.39 is 0 Å². The van der Waals surface area contributed by atoms with Crippen LogP contribution in [-0.4, -0.2) is 24.6 Å². The number of rotatable bonds is 6. The quantitative estimate of drug-likeness (QED) is 0.773. The fourth-order valence-electron chi connectivity index (χ4n) is 4.21. The van der Waals surface area contributed by atoms with Gasteiger partial charge in [0.15, 0.2) is 0 Å². The van der Waals surface area contributed by atoms with E-state index in [1.54, 1.807) is 0 Å². The molecule has 2 unspecified atom stereocenters. The summed E-state index contributed by atoms with van der Waals surface area (Å²) in [7, 11) is 0. The molecular formula is C19H29ClN2O2. The first-order chi connectivity index (χ1) is 11.2. The van der Waals surface area contributed by atoms with Crippen LogP contribution in [0.2, 0.25) is 0 Å². The number of nitrogens with one attached hydrogen (secondary N) is 1. The summed E-state index contributed by atoms with van der Waals surface area (Å²) in [5.41, 5.74) is 7.28. The Morgan fingerprint density at radius 3 is 2.50 bits per heavy atom. The van der Waals surface area contributed by atoms with Crippen molar-refractivity contribution in [2.45, 2.75) is 57.2 Å². The highest BCUT2D eigenvalue weighted by Gasteiger charge is 2.39. The molecule has 0 aromatic heterocycles. The zero-order valence-electron chi connectivity index (χ0n) is 14.2.